The summed E-state index contributed by atoms with van der Waals surface area (Å²) in [5, 5.41) is 20.7. The average Bonchev–Trinajstić information content (AvgIpc) is 3.03. The molecule has 2 aromatic heterocycles. The lowest BCUT2D eigenvalue weighted by Gasteiger charge is -2.08. The van der Waals surface area contributed by atoms with E-state index in [9.17, 15) is 9.90 Å². The molecule has 0 unspecified atom stereocenters. The predicted molar refractivity (Wildman–Crippen MR) is 90.5 cm³/mol. The van der Waals surface area contributed by atoms with E-state index in [-0.39, 0.29) is 11.7 Å². The highest BCUT2D eigenvalue weighted by atomic mass is 32.1. The van der Waals surface area contributed by atoms with Gasteiger partial charge in [-0.15, -0.1) is 11.3 Å². The Kier molecular flexibility index (Phi) is 3.87. The molecule has 0 spiro atoms. The fourth-order valence-corrected chi connectivity index (χ4v) is 3.47. The molecule has 0 aliphatic rings. The van der Waals surface area contributed by atoms with Gasteiger partial charge in [0.15, 0.2) is 5.65 Å². The van der Waals surface area contributed by atoms with Gasteiger partial charge in [0.05, 0.1) is 9.71 Å². The molecule has 0 aliphatic carbocycles. The number of amides is 1. The molecule has 1 amide bonds. The number of fused-ring (bicyclic) bond motifs is 1. The normalized spacial score (nSPS) is 10.9. The standard InChI is InChI=1S/C16H16N4O2S/c1-9-19-15-14(23-9)12(7-17)13(20(15)2)16(22)18-8-10-3-5-11(21)6-4-10/h3-7,17,21H,8H2,1-2H3,(H,18,22). The maximum atomic E-state index is 12.5. The number of thiazole rings is 1. The molecule has 0 saturated heterocycles. The second kappa shape index (κ2) is 5.85. The van der Waals surface area contributed by atoms with Crippen LogP contribution in [0.5, 0.6) is 5.75 Å². The fraction of sp³-hybridized carbons (Fsp3) is 0.188. The number of carbonyl (C=O) groups is 1. The van der Waals surface area contributed by atoms with Crippen LogP contribution in [-0.2, 0) is 13.6 Å². The number of hydrogen-bond acceptors (Lipinski definition) is 5. The summed E-state index contributed by atoms with van der Waals surface area (Å²) >= 11 is 1.48. The van der Waals surface area contributed by atoms with Crippen LogP contribution in [0.2, 0.25) is 0 Å². The van der Waals surface area contributed by atoms with Crippen LogP contribution >= 0.6 is 11.3 Å². The molecule has 0 saturated carbocycles. The van der Waals surface area contributed by atoms with E-state index in [1.807, 2.05) is 6.92 Å². The molecular formula is C16H16N4O2S. The zero-order valence-electron chi connectivity index (χ0n) is 12.8. The Hall–Kier alpha value is -2.67. The molecule has 2 heterocycles. The maximum absolute atomic E-state index is 12.5. The number of phenols is 1. The predicted octanol–water partition coefficient (Wildman–Crippen LogP) is 2.58. The molecule has 0 fully saturated rings. The highest BCUT2D eigenvalue weighted by Crippen LogP contribution is 2.29. The molecule has 0 bridgehead atoms. The highest BCUT2D eigenvalue weighted by Gasteiger charge is 2.22. The van der Waals surface area contributed by atoms with Gasteiger partial charge < -0.3 is 20.4 Å². The van der Waals surface area contributed by atoms with Crippen LogP contribution in [0, 0.1) is 12.3 Å². The van der Waals surface area contributed by atoms with Gasteiger partial charge in [-0.05, 0) is 24.6 Å². The van der Waals surface area contributed by atoms with Crippen LogP contribution in [-0.4, -0.2) is 26.8 Å². The van der Waals surface area contributed by atoms with Crippen LogP contribution in [0.1, 0.15) is 26.6 Å². The third kappa shape index (κ3) is 2.70. The van der Waals surface area contributed by atoms with Crippen LogP contribution in [0.25, 0.3) is 10.3 Å². The number of aromatic hydroxyl groups is 1. The second-order valence-corrected chi connectivity index (χ2v) is 6.40. The minimum absolute atomic E-state index is 0.190. The highest BCUT2D eigenvalue weighted by molar-refractivity contribution is 7.18. The van der Waals surface area contributed by atoms with Gasteiger partial charge in [-0.3, -0.25) is 4.79 Å². The summed E-state index contributed by atoms with van der Waals surface area (Å²) in [5.41, 5.74) is 2.64. The van der Waals surface area contributed by atoms with E-state index in [2.05, 4.69) is 10.3 Å². The van der Waals surface area contributed by atoms with Gasteiger partial charge in [0.25, 0.3) is 5.91 Å². The van der Waals surface area contributed by atoms with Crippen molar-refractivity contribution in [2.75, 3.05) is 0 Å². The van der Waals surface area contributed by atoms with E-state index in [1.54, 1.807) is 35.9 Å². The molecule has 7 heteroatoms. The van der Waals surface area contributed by atoms with Gasteiger partial charge in [0, 0.05) is 25.4 Å². The van der Waals surface area contributed by atoms with E-state index in [4.69, 9.17) is 5.41 Å². The molecular weight excluding hydrogens is 312 g/mol. The van der Waals surface area contributed by atoms with Gasteiger partial charge in [0.1, 0.15) is 11.4 Å². The third-order valence-corrected chi connectivity index (χ3v) is 4.61. The lowest BCUT2D eigenvalue weighted by atomic mass is 10.2. The summed E-state index contributed by atoms with van der Waals surface area (Å²) in [6.07, 6.45) is 1.20. The molecule has 3 aromatic rings. The Balaban J connectivity index is 1.88. The van der Waals surface area contributed by atoms with Crippen molar-refractivity contribution in [3.05, 3.63) is 46.1 Å². The monoisotopic (exact) mass is 328 g/mol. The van der Waals surface area contributed by atoms with Crippen molar-refractivity contribution < 1.29 is 9.90 Å². The van der Waals surface area contributed by atoms with Crippen molar-refractivity contribution in [3.63, 3.8) is 0 Å². The first kappa shape index (κ1) is 15.2. The lowest BCUT2D eigenvalue weighted by Crippen LogP contribution is -2.26. The van der Waals surface area contributed by atoms with Crippen molar-refractivity contribution >= 4 is 33.8 Å². The van der Waals surface area contributed by atoms with E-state index >= 15 is 0 Å². The summed E-state index contributed by atoms with van der Waals surface area (Å²) in [5.74, 6) is -0.0581. The second-order valence-electron chi connectivity index (χ2n) is 5.20. The molecule has 6 nitrogen and oxygen atoms in total. The first-order valence-electron chi connectivity index (χ1n) is 7.03. The van der Waals surface area contributed by atoms with E-state index in [1.165, 1.54) is 17.6 Å². The zero-order chi connectivity index (χ0) is 16.6. The molecule has 3 N–H and O–H groups in total. The van der Waals surface area contributed by atoms with Gasteiger partial charge in [-0.1, -0.05) is 12.1 Å². The third-order valence-electron chi connectivity index (χ3n) is 3.62. The van der Waals surface area contributed by atoms with Gasteiger partial charge in [-0.2, -0.15) is 0 Å². The molecule has 1 aromatic carbocycles. The van der Waals surface area contributed by atoms with Gasteiger partial charge >= 0.3 is 0 Å². The summed E-state index contributed by atoms with van der Waals surface area (Å²) in [6.45, 7) is 2.25. The molecule has 118 valence electrons. The van der Waals surface area contributed by atoms with Crippen molar-refractivity contribution in [1.29, 1.82) is 5.41 Å². The maximum Gasteiger partial charge on any atom is 0.268 e. The Labute approximate surface area is 136 Å². The largest absolute Gasteiger partial charge is 0.508 e. The van der Waals surface area contributed by atoms with Crippen molar-refractivity contribution in [2.45, 2.75) is 13.5 Å². The molecule has 23 heavy (non-hydrogen) atoms. The minimum Gasteiger partial charge on any atom is -0.508 e. The molecule has 3 rings (SSSR count). The summed E-state index contributed by atoms with van der Waals surface area (Å²) < 4.78 is 2.58. The number of nitrogens with zero attached hydrogens (tertiary/aromatic N) is 2. The van der Waals surface area contributed by atoms with Crippen molar-refractivity contribution in [3.8, 4) is 5.75 Å². The molecule has 0 aliphatic heterocycles. The van der Waals surface area contributed by atoms with Crippen LogP contribution < -0.4 is 5.32 Å². The number of carbonyl (C=O) groups excluding carboxylic acids is 1. The fourth-order valence-electron chi connectivity index (χ4n) is 2.50. The van der Waals surface area contributed by atoms with Gasteiger partial charge in [0.2, 0.25) is 0 Å². The van der Waals surface area contributed by atoms with E-state index in [0.717, 1.165) is 20.9 Å². The first-order valence-corrected chi connectivity index (χ1v) is 7.85. The summed E-state index contributed by atoms with van der Waals surface area (Å²) in [6, 6.07) is 6.66. The van der Waals surface area contributed by atoms with Crippen LogP contribution in [0.4, 0.5) is 0 Å². The Morgan fingerprint density at radius 1 is 1.43 bits per heavy atom. The number of hydrogen-bond donors (Lipinski definition) is 3. The summed E-state index contributed by atoms with van der Waals surface area (Å²) in [7, 11) is 1.78. The smallest absolute Gasteiger partial charge is 0.268 e. The Morgan fingerprint density at radius 3 is 2.78 bits per heavy atom. The zero-order valence-corrected chi connectivity index (χ0v) is 13.6. The topological polar surface area (TPSA) is 91.0 Å². The quantitative estimate of drug-likeness (QED) is 0.643. The number of nitrogens with one attached hydrogen (secondary N) is 2. The molecule has 0 atom stereocenters. The van der Waals surface area contributed by atoms with Crippen LogP contribution in [0.3, 0.4) is 0 Å². The number of phenolic OH excluding ortho intramolecular Hbond substituents is 1. The van der Waals surface area contributed by atoms with Gasteiger partial charge in [-0.25, -0.2) is 4.98 Å². The minimum atomic E-state index is -0.248. The number of aryl methyl sites for hydroxylation is 2. The van der Waals surface area contributed by atoms with E-state index < -0.39 is 0 Å². The lowest BCUT2D eigenvalue weighted by molar-refractivity contribution is 0.0943. The Morgan fingerprint density at radius 2 is 2.13 bits per heavy atom. The van der Waals surface area contributed by atoms with Crippen molar-refractivity contribution in [1.82, 2.24) is 14.9 Å². The van der Waals surface area contributed by atoms with Crippen LogP contribution in [0.15, 0.2) is 24.3 Å². The number of rotatable bonds is 4. The van der Waals surface area contributed by atoms with E-state index in [0.29, 0.717) is 17.8 Å². The Bertz CT molecular complexity index is 893. The summed E-state index contributed by atoms with van der Waals surface area (Å²) in [4.78, 5) is 17.0. The first-order chi connectivity index (χ1) is 11.0. The molecule has 0 radical (unpaired) electrons. The average molecular weight is 328 g/mol. The number of benzene rings is 1. The number of aromatic nitrogens is 2. The van der Waals surface area contributed by atoms with Crippen molar-refractivity contribution in [2.24, 2.45) is 7.05 Å². The SMILES string of the molecule is Cc1nc2c(s1)c(C=N)c(C(=O)NCc1ccc(O)cc1)n2C.